The highest BCUT2D eigenvalue weighted by Crippen LogP contribution is 2.51. The highest BCUT2D eigenvalue weighted by Gasteiger charge is 2.36. The van der Waals surface area contributed by atoms with Crippen molar-refractivity contribution in [2.75, 3.05) is 4.90 Å². The number of aromatic nitrogens is 1. The minimum Gasteiger partial charge on any atom is -0.310 e. The summed E-state index contributed by atoms with van der Waals surface area (Å²) in [4.78, 5) is 0.678. The zero-order valence-electron chi connectivity index (χ0n) is 53.2. The van der Waals surface area contributed by atoms with Crippen LogP contribution in [0.2, 0.25) is 0 Å². The molecule has 0 fully saturated rings. The quantitative estimate of drug-likeness (QED) is 0.156. The van der Waals surface area contributed by atoms with Crippen molar-refractivity contribution < 1.29 is 30.2 Å². The largest absolute Gasteiger partial charge is 0.310 e. The molecule has 11 rings (SSSR count). The topological polar surface area (TPSA) is 8.17 Å². The molecule has 0 N–H and O–H groups in total. The van der Waals surface area contributed by atoms with Gasteiger partial charge in [-0.05, 0) is 111 Å². The molecule has 10 aromatic rings. The molecule has 1 heterocycles. The molecular weight excluding hydrogens is 713 g/mol. The van der Waals surface area contributed by atoms with Gasteiger partial charge in [0.1, 0.15) is 0 Å². The molecule has 1 unspecified atom stereocenters. The molecule has 280 valence electrons. The van der Waals surface area contributed by atoms with Gasteiger partial charge in [-0.25, -0.2) is 0 Å². The van der Waals surface area contributed by atoms with E-state index in [1.807, 2.05) is 83.4 Å². The molecule has 0 bridgehead atoms. The van der Waals surface area contributed by atoms with Crippen LogP contribution in [0.3, 0.4) is 0 Å². The summed E-state index contributed by atoms with van der Waals surface area (Å²) in [7, 11) is 0. The van der Waals surface area contributed by atoms with Gasteiger partial charge < -0.3 is 9.47 Å². The smallest absolute Gasteiger partial charge is 0.0645 e. The van der Waals surface area contributed by atoms with E-state index in [-0.39, 0.29) is 11.1 Å². The molecule has 0 amide bonds. The maximum absolute atomic E-state index is 9.90. The molecular formula is C57H42N2. The van der Waals surface area contributed by atoms with Gasteiger partial charge in [-0.15, -0.1) is 0 Å². The van der Waals surface area contributed by atoms with E-state index in [2.05, 4.69) is 0 Å². The lowest BCUT2D eigenvalue weighted by atomic mass is 9.82. The number of benzene rings is 9. The minimum absolute atomic E-state index is 0.208. The van der Waals surface area contributed by atoms with E-state index in [9.17, 15) is 11.0 Å². The Labute approximate surface area is 376 Å². The van der Waals surface area contributed by atoms with Crippen LogP contribution in [0.25, 0.3) is 72.0 Å². The molecule has 1 aliphatic carbocycles. The maximum Gasteiger partial charge on any atom is 0.0645 e. The van der Waals surface area contributed by atoms with Crippen LogP contribution >= 0.6 is 0 Å². The van der Waals surface area contributed by atoms with Gasteiger partial charge in [0.15, 0.2) is 0 Å². The van der Waals surface area contributed by atoms with Crippen LogP contribution in [0.4, 0.5) is 17.1 Å². The third kappa shape index (κ3) is 5.79. The van der Waals surface area contributed by atoms with Gasteiger partial charge in [-0.1, -0.05) is 171 Å². The van der Waals surface area contributed by atoms with Crippen molar-refractivity contribution in [1.82, 2.24) is 4.57 Å². The van der Waals surface area contributed by atoms with E-state index in [1.165, 1.54) is 0 Å². The number of hydrogen-bond acceptors (Lipinski definition) is 1. The first kappa shape index (κ1) is 18.9. The minimum atomic E-state index is -3.20. The van der Waals surface area contributed by atoms with Crippen molar-refractivity contribution in [1.29, 1.82) is 0 Å². The fraction of sp³-hybridized carbons (Fsp3) is 0.0526. The highest BCUT2D eigenvalue weighted by atomic mass is 15.1. The van der Waals surface area contributed by atoms with E-state index >= 15 is 0 Å². The summed E-state index contributed by atoms with van der Waals surface area (Å²) in [6, 6.07) is 14.7. The fourth-order valence-corrected chi connectivity index (χ4v) is 7.94. The molecule has 2 nitrogen and oxygen atoms in total. The SMILES string of the molecule is [2H]c1c(N(c2c([2H])c([2H])c(-c3ccc4c(c3)c3ccccc3n4-c3ccc(-c4ccccc4)cc3)c([2H])c2[2H])c2c([2H])c([2H])c([2H])c([2H])c2-c2c([2H])c([2H])c([2H])c([2H])c2[2H])cc2c(c1[2H])-c1c([2H])c([2H])c([2H])c([2H])c1C2(C)C([2H])([2H])[2H]. The predicted molar refractivity (Wildman–Crippen MR) is 249 cm³/mol. The molecule has 9 aromatic carbocycles. The Hall–Kier alpha value is -7.42. The third-order valence-corrected chi connectivity index (χ3v) is 10.8. The number of rotatable bonds is 7. The molecule has 0 aliphatic heterocycles. The number of para-hydroxylation sites is 2. The second kappa shape index (κ2) is 13.9. The average Bonchev–Trinajstić information content (AvgIpc) is 1.93. The molecule has 0 radical (unpaired) electrons. The Kier molecular flexibility index (Phi) is 4.45. The number of hydrogen-bond donors (Lipinski definition) is 0. The summed E-state index contributed by atoms with van der Waals surface area (Å²) in [6.45, 7) is -2.06. The Morgan fingerprint density at radius 3 is 1.92 bits per heavy atom. The van der Waals surface area contributed by atoms with Crippen molar-refractivity contribution >= 4 is 38.9 Å². The fourth-order valence-electron chi connectivity index (χ4n) is 7.94. The summed E-state index contributed by atoms with van der Waals surface area (Å²) in [5.41, 5.74) is -3.81. The molecule has 59 heavy (non-hydrogen) atoms. The monoisotopic (exact) mass is 776 g/mol. The van der Waals surface area contributed by atoms with Gasteiger partial charge >= 0.3 is 0 Å². The molecule has 1 aliphatic rings. The summed E-state index contributed by atoms with van der Waals surface area (Å²) < 4.78 is 203. The van der Waals surface area contributed by atoms with Gasteiger partial charge in [-0.2, -0.15) is 0 Å². The highest BCUT2D eigenvalue weighted by molar-refractivity contribution is 6.10. The number of fused-ring (bicyclic) bond motifs is 6. The van der Waals surface area contributed by atoms with Gasteiger partial charge in [-0.3, -0.25) is 0 Å². The first-order valence-corrected chi connectivity index (χ1v) is 18.7. The normalized spacial score (nSPS) is 19.8. The Morgan fingerprint density at radius 2 is 1.10 bits per heavy atom. The number of nitrogens with zero attached hydrogens (tertiary/aromatic N) is 2. The maximum atomic E-state index is 9.90. The standard InChI is InChI=1S/C57H42N2/c1-57(2)52-22-12-9-20-48(52)49-35-34-46(38-53(49)57)58(54-23-13-10-19-47(54)42-17-7-4-8-18-42)44-30-27-41(28-31-44)43-29-36-56-51(37-43)50-21-11-14-24-55(50)59(56)45-32-25-40(26-33-45)39-15-5-3-6-16-39/h3-38H,1-2H3/i1D3,4D,7D,8D,9D,10D,12D,13D,17D,18D,19D,20D,22D,23D,27D,28D,30D,31D,34D,35D. The lowest BCUT2D eigenvalue weighted by molar-refractivity contribution is 0.660. The number of anilines is 3. The molecule has 1 aromatic heterocycles. The van der Waals surface area contributed by atoms with Crippen molar-refractivity contribution in [3.05, 3.63) is 229 Å². The van der Waals surface area contributed by atoms with E-state index in [0.717, 1.165) is 46.2 Å². The van der Waals surface area contributed by atoms with Crippen molar-refractivity contribution in [2.45, 2.75) is 19.2 Å². The summed E-state index contributed by atoms with van der Waals surface area (Å²) in [6.07, 6.45) is 0. The lowest BCUT2D eigenvalue weighted by Gasteiger charge is -2.30. The van der Waals surface area contributed by atoms with Crippen LogP contribution in [0.15, 0.2) is 218 Å². The van der Waals surface area contributed by atoms with Crippen LogP contribution in [0.5, 0.6) is 0 Å². The third-order valence-electron chi connectivity index (χ3n) is 10.8. The van der Waals surface area contributed by atoms with Crippen molar-refractivity contribution in [2.24, 2.45) is 0 Å². The Morgan fingerprint density at radius 1 is 0.458 bits per heavy atom. The molecule has 0 saturated heterocycles. The molecule has 0 saturated carbocycles. The van der Waals surface area contributed by atoms with E-state index < -0.39 is 178 Å². The second-order valence-electron chi connectivity index (χ2n) is 14.2. The van der Waals surface area contributed by atoms with Gasteiger partial charge in [0.05, 0.1) is 42.8 Å². The van der Waals surface area contributed by atoms with Gasteiger partial charge in [0.25, 0.3) is 0 Å². The summed E-state index contributed by atoms with van der Waals surface area (Å²) >= 11 is 0. The van der Waals surface area contributed by atoms with Gasteiger partial charge in [0.2, 0.25) is 0 Å². The first-order chi connectivity index (χ1) is 38.2. The van der Waals surface area contributed by atoms with Crippen LogP contribution in [-0.2, 0) is 5.41 Å². The first-order valence-electron chi connectivity index (χ1n) is 29.7. The Bertz CT molecular complexity index is 4340. The second-order valence-corrected chi connectivity index (χ2v) is 14.2. The van der Waals surface area contributed by atoms with Crippen LogP contribution < -0.4 is 4.90 Å². The van der Waals surface area contributed by atoms with Crippen LogP contribution in [0, 0.1) is 0 Å². The summed E-state index contributed by atoms with van der Waals surface area (Å²) in [5.74, 6) is 0. The van der Waals surface area contributed by atoms with Crippen molar-refractivity contribution in [3.63, 3.8) is 0 Å². The van der Waals surface area contributed by atoms with Crippen LogP contribution in [-0.4, -0.2) is 4.57 Å². The zero-order valence-corrected chi connectivity index (χ0v) is 31.2. The molecule has 2 heteroatoms. The van der Waals surface area contributed by atoms with E-state index in [1.54, 1.807) is 18.2 Å². The van der Waals surface area contributed by atoms with Crippen molar-refractivity contribution in [3.8, 4) is 50.2 Å². The Balaban J connectivity index is 1.22. The molecule has 1 atom stereocenters. The predicted octanol–water partition coefficient (Wildman–Crippen LogP) is 15.6. The molecule has 0 spiro atoms. The van der Waals surface area contributed by atoms with Gasteiger partial charge in [0, 0.05) is 42.9 Å². The average molecular weight is 777 g/mol. The van der Waals surface area contributed by atoms with E-state index in [0.29, 0.717) is 10.3 Å². The summed E-state index contributed by atoms with van der Waals surface area (Å²) in [5, 5.41) is 1.45. The lowest BCUT2D eigenvalue weighted by Crippen LogP contribution is -2.16. The zero-order chi connectivity index (χ0) is 58.5. The van der Waals surface area contributed by atoms with E-state index in [4.69, 9.17) is 19.2 Å². The van der Waals surface area contributed by atoms with Crippen LogP contribution in [0.1, 0.15) is 55.1 Å².